The van der Waals surface area contributed by atoms with Gasteiger partial charge >= 0.3 is 5.97 Å². The molecule has 2 rings (SSSR count). The van der Waals surface area contributed by atoms with E-state index in [1.807, 2.05) is 5.38 Å². The number of aromatic nitrogens is 1. The Morgan fingerprint density at radius 1 is 1.59 bits per heavy atom. The fraction of sp³-hybridized carbons (Fsp3) is 0.273. The number of furan rings is 1. The number of nitrogens with one attached hydrogen (secondary N) is 1. The standard InChI is InChI=1S/C11H12N2O3S/c1-15-11(14)8-4-9(16-7-8)5-12-6-10-13-2-3-17-10/h2-4,7,12H,5-6H2,1H3. The number of carbonyl (C=O) groups is 1. The van der Waals surface area contributed by atoms with Crippen molar-refractivity contribution in [2.45, 2.75) is 13.1 Å². The maximum Gasteiger partial charge on any atom is 0.341 e. The van der Waals surface area contributed by atoms with Crippen molar-refractivity contribution in [1.29, 1.82) is 0 Å². The van der Waals surface area contributed by atoms with E-state index in [9.17, 15) is 4.79 Å². The zero-order valence-corrected chi connectivity index (χ0v) is 10.1. The number of nitrogens with zero attached hydrogens (tertiary/aromatic N) is 1. The Morgan fingerprint density at radius 3 is 3.18 bits per heavy atom. The molecule has 0 bridgehead atoms. The maximum atomic E-state index is 11.2. The fourth-order valence-corrected chi connectivity index (χ4v) is 1.92. The smallest absolute Gasteiger partial charge is 0.341 e. The first kappa shape index (κ1) is 11.8. The van der Waals surface area contributed by atoms with Gasteiger partial charge in [0.25, 0.3) is 0 Å². The third-order valence-electron chi connectivity index (χ3n) is 2.13. The Hall–Kier alpha value is -1.66. The molecule has 0 atom stereocenters. The van der Waals surface area contributed by atoms with Crippen LogP contribution in [-0.4, -0.2) is 18.1 Å². The fourth-order valence-electron chi connectivity index (χ4n) is 1.33. The molecule has 0 saturated heterocycles. The van der Waals surface area contributed by atoms with Crippen LogP contribution in [-0.2, 0) is 17.8 Å². The molecule has 0 radical (unpaired) electrons. The van der Waals surface area contributed by atoms with E-state index in [0.29, 0.717) is 24.4 Å². The van der Waals surface area contributed by atoms with Crippen molar-refractivity contribution in [3.8, 4) is 0 Å². The van der Waals surface area contributed by atoms with Gasteiger partial charge in [-0.15, -0.1) is 11.3 Å². The molecule has 0 amide bonds. The third kappa shape index (κ3) is 3.15. The van der Waals surface area contributed by atoms with Crippen LogP contribution in [0.25, 0.3) is 0 Å². The number of thiazole rings is 1. The van der Waals surface area contributed by atoms with Crippen molar-refractivity contribution < 1.29 is 13.9 Å². The van der Waals surface area contributed by atoms with E-state index in [4.69, 9.17) is 4.42 Å². The molecule has 2 aromatic rings. The van der Waals surface area contributed by atoms with Gasteiger partial charge in [0.2, 0.25) is 0 Å². The molecular weight excluding hydrogens is 240 g/mol. The van der Waals surface area contributed by atoms with Gasteiger partial charge in [-0.1, -0.05) is 0 Å². The number of rotatable bonds is 5. The van der Waals surface area contributed by atoms with Crippen LogP contribution in [0.5, 0.6) is 0 Å². The van der Waals surface area contributed by atoms with Gasteiger partial charge in [0.1, 0.15) is 17.0 Å². The van der Waals surface area contributed by atoms with E-state index >= 15 is 0 Å². The Balaban J connectivity index is 1.83. The molecule has 1 N–H and O–H groups in total. The van der Waals surface area contributed by atoms with Gasteiger partial charge in [-0.3, -0.25) is 0 Å². The van der Waals surface area contributed by atoms with Gasteiger partial charge in [0, 0.05) is 18.1 Å². The lowest BCUT2D eigenvalue weighted by molar-refractivity contribution is 0.0600. The molecule has 6 heteroatoms. The monoisotopic (exact) mass is 252 g/mol. The summed E-state index contributed by atoms with van der Waals surface area (Å²) in [6.07, 6.45) is 3.16. The van der Waals surface area contributed by atoms with Crippen LogP contribution in [0.1, 0.15) is 21.1 Å². The lowest BCUT2D eigenvalue weighted by Crippen LogP contribution is -2.11. The van der Waals surface area contributed by atoms with Crippen molar-refractivity contribution in [3.63, 3.8) is 0 Å². The second-order valence-corrected chi connectivity index (χ2v) is 4.30. The summed E-state index contributed by atoms with van der Waals surface area (Å²) in [5, 5.41) is 6.12. The Morgan fingerprint density at radius 2 is 2.47 bits per heavy atom. The quantitative estimate of drug-likeness (QED) is 0.822. The molecule has 0 aromatic carbocycles. The van der Waals surface area contributed by atoms with Crippen LogP contribution in [0.4, 0.5) is 0 Å². The lowest BCUT2D eigenvalue weighted by atomic mass is 10.3. The molecule has 0 unspecified atom stereocenters. The highest BCUT2D eigenvalue weighted by molar-refractivity contribution is 7.09. The second kappa shape index (κ2) is 5.60. The number of esters is 1. The normalized spacial score (nSPS) is 10.4. The number of ether oxygens (including phenoxy) is 1. The largest absolute Gasteiger partial charge is 0.467 e. The summed E-state index contributed by atoms with van der Waals surface area (Å²) in [6.45, 7) is 1.24. The third-order valence-corrected chi connectivity index (χ3v) is 2.91. The van der Waals surface area contributed by atoms with Gasteiger partial charge in [-0.25, -0.2) is 9.78 Å². The van der Waals surface area contributed by atoms with Crippen LogP contribution < -0.4 is 5.32 Å². The summed E-state index contributed by atoms with van der Waals surface area (Å²) in [5.41, 5.74) is 0.429. The van der Waals surface area contributed by atoms with Crippen molar-refractivity contribution >= 4 is 17.3 Å². The molecule has 0 aliphatic heterocycles. The molecule has 0 aliphatic carbocycles. The minimum absolute atomic E-state index is 0.389. The molecule has 0 saturated carbocycles. The van der Waals surface area contributed by atoms with Crippen LogP contribution in [0.3, 0.4) is 0 Å². The van der Waals surface area contributed by atoms with Crippen molar-refractivity contribution in [2.24, 2.45) is 0 Å². The molecule has 0 fully saturated rings. The first-order valence-corrected chi connectivity index (χ1v) is 5.92. The van der Waals surface area contributed by atoms with Gasteiger partial charge in [-0.2, -0.15) is 0 Å². The highest BCUT2D eigenvalue weighted by atomic mass is 32.1. The molecule has 2 heterocycles. The van der Waals surface area contributed by atoms with E-state index in [1.54, 1.807) is 23.6 Å². The molecule has 90 valence electrons. The van der Waals surface area contributed by atoms with Crippen molar-refractivity contribution in [1.82, 2.24) is 10.3 Å². The number of hydrogen-bond acceptors (Lipinski definition) is 6. The Kier molecular flexibility index (Phi) is 3.89. The Bertz CT molecular complexity index is 479. The first-order valence-electron chi connectivity index (χ1n) is 5.04. The van der Waals surface area contributed by atoms with Gasteiger partial charge in [-0.05, 0) is 6.07 Å². The number of methoxy groups -OCH3 is 1. The predicted octanol–water partition coefficient (Wildman–Crippen LogP) is 1.81. The zero-order chi connectivity index (χ0) is 12.1. The summed E-state index contributed by atoms with van der Waals surface area (Å²) in [4.78, 5) is 15.3. The number of hydrogen-bond donors (Lipinski definition) is 1. The summed E-state index contributed by atoms with van der Waals surface area (Å²) < 4.78 is 9.81. The molecule has 0 aliphatic rings. The molecular formula is C11H12N2O3S. The second-order valence-electron chi connectivity index (χ2n) is 3.32. The van der Waals surface area contributed by atoms with E-state index < -0.39 is 0 Å². The maximum absolute atomic E-state index is 11.2. The van der Waals surface area contributed by atoms with E-state index in [2.05, 4.69) is 15.0 Å². The van der Waals surface area contributed by atoms with Crippen molar-refractivity contribution in [2.75, 3.05) is 7.11 Å². The van der Waals surface area contributed by atoms with Gasteiger partial charge < -0.3 is 14.5 Å². The average molecular weight is 252 g/mol. The number of carbonyl (C=O) groups excluding carboxylic acids is 1. The molecule has 0 spiro atoms. The Labute approximate surface area is 102 Å². The van der Waals surface area contributed by atoms with Crippen LogP contribution in [0.15, 0.2) is 28.3 Å². The SMILES string of the molecule is COC(=O)c1coc(CNCc2nccs2)c1. The lowest BCUT2D eigenvalue weighted by Gasteiger charge is -1.98. The van der Waals surface area contributed by atoms with E-state index in [1.165, 1.54) is 13.4 Å². The summed E-state index contributed by atoms with van der Waals surface area (Å²) >= 11 is 1.59. The summed E-state index contributed by atoms with van der Waals surface area (Å²) in [5.74, 6) is 0.307. The minimum atomic E-state index is -0.389. The predicted molar refractivity (Wildman–Crippen MR) is 62.7 cm³/mol. The van der Waals surface area contributed by atoms with Gasteiger partial charge in [0.05, 0.1) is 19.2 Å². The summed E-state index contributed by atoms with van der Waals surface area (Å²) in [6, 6.07) is 1.67. The topological polar surface area (TPSA) is 64.4 Å². The van der Waals surface area contributed by atoms with Crippen LogP contribution in [0.2, 0.25) is 0 Å². The van der Waals surface area contributed by atoms with Crippen LogP contribution in [0, 0.1) is 0 Å². The zero-order valence-electron chi connectivity index (χ0n) is 9.30. The van der Waals surface area contributed by atoms with Gasteiger partial charge in [0.15, 0.2) is 0 Å². The molecule has 2 aromatic heterocycles. The van der Waals surface area contributed by atoms with Crippen LogP contribution >= 0.6 is 11.3 Å². The van der Waals surface area contributed by atoms with E-state index in [0.717, 1.165) is 5.01 Å². The average Bonchev–Trinajstić information content (AvgIpc) is 2.99. The molecule has 17 heavy (non-hydrogen) atoms. The highest BCUT2D eigenvalue weighted by Crippen LogP contribution is 2.09. The van der Waals surface area contributed by atoms with E-state index in [-0.39, 0.29) is 5.97 Å². The highest BCUT2D eigenvalue weighted by Gasteiger charge is 2.09. The first-order chi connectivity index (χ1) is 8.29. The molecule has 5 nitrogen and oxygen atoms in total. The van der Waals surface area contributed by atoms with Crippen molar-refractivity contribution in [3.05, 3.63) is 40.2 Å². The summed E-state index contributed by atoms with van der Waals surface area (Å²) in [7, 11) is 1.34. The minimum Gasteiger partial charge on any atom is -0.467 e.